The lowest BCUT2D eigenvalue weighted by Gasteiger charge is -2.28. The van der Waals surface area contributed by atoms with E-state index in [4.69, 9.17) is 9.47 Å². The predicted molar refractivity (Wildman–Crippen MR) is 88.2 cm³/mol. The number of hydrogen-bond acceptors (Lipinski definition) is 4. The lowest BCUT2D eigenvalue weighted by molar-refractivity contribution is 0.122. The van der Waals surface area contributed by atoms with Crippen LogP contribution in [0.2, 0.25) is 0 Å². The maximum atomic E-state index is 5.60. The van der Waals surface area contributed by atoms with Crippen LogP contribution >= 0.6 is 0 Å². The number of ether oxygens (including phenoxy) is 2. The Bertz CT molecular complexity index is 386. The highest BCUT2D eigenvalue weighted by molar-refractivity contribution is 5.55. The van der Waals surface area contributed by atoms with Crippen molar-refractivity contribution < 1.29 is 9.47 Å². The summed E-state index contributed by atoms with van der Waals surface area (Å²) >= 11 is 0. The Morgan fingerprint density at radius 3 is 2.52 bits per heavy atom. The Balaban J connectivity index is 1.65. The maximum Gasteiger partial charge on any atom is 0.0642 e. The third kappa shape index (κ3) is 5.94. The average Bonchev–Trinajstić information content (AvgIpc) is 2.52. The van der Waals surface area contributed by atoms with E-state index in [2.05, 4.69) is 48.3 Å². The van der Waals surface area contributed by atoms with Crippen molar-refractivity contribution in [2.45, 2.75) is 20.3 Å². The van der Waals surface area contributed by atoms with E-state index in [0.29, 0.717) is 5.92 Å². The normalized spacial score (nSPS) is 15.5. The monoisotopic (exact) mass is 292 g/mol. The molecule has 0 aromatic heterocycles. The third-order valence-electron chi connectivity index (χ3n) is 3.66. The van der Waals surface area contributed by atoms with Gasteiger partial charge in [-0.3, -0.25) is 0 Å². The van der Waals surface area contributed by atoms with Crippen LogP contribution in [0.4, 0.5) is 11.4 Å². The van der Waals surface area contributed by atoms with Gasteiger partial charge in [-0.2, -0.15) is 0 Å². The van der Waals surface area contributed by atoms with Gasteiger partial charge in [-0.25, -0.2) is 0 Å². The Labute approximate surface area is 128 Å². The summed E-state index contributed by atoms with van der Waals surface area (Å²) in [5.74, 6) is 0.714. The second kappa shape index (κ2) is 8.90. The fourth-order valence-corrected chi connectivity index (χ4v) is 2.30. The molecule has 0 aliphatic carbocycles. The zero-order chi connectivity index (χ0) is 14.9. The summed E-state index contributed by atoms with van der Waals surface area (Å²) in [5, 5.41) is 3.39. The molecule has 1 fully saturated rings. The van der Waals surface area contributed by atoms with Crippen LogP contribution in [0.3, 0.4) is 0 Å². The van der Waals surface area contributed by atoms with Gasteiger partial charge in [0.15, 0.2) is 0 Å². The quantitative estimate of drug-likeness (QED) is 0.747. The topological polar surface area (TPSA) is 33.7 Å². The minimum Gasteiger partial charge on any atom is -0.383 e. The van der Waals surface area contributed by atoms with Crippen LogP contribution in [0.25, 0.3) is 0 Å². The number of nitrogens with zero attached hydrogens (tertiary/aromatic N) is 1. The van der Waals surface area contributed by atoms with Gasteiger partial charge in [0.05, 0.1) is 19.8 Å². The molecule has 1 N–H and O–H groups in total. The minimum atomic E-state index is 0.714. The molecule has 1 aliphatic heterocycles. The van der Waals surface area contributed by atoms with Crippen molar-refractivity contribution in [3.8, 4) is 0 Å². The molecular weight excluding hydrogens is 264 g/mol. The van der Waals surface area contributed by atoms with Crippen LogP contribution in [0.5, 0.6) is 0 Å². The largest absolute Gasteiger partial charge is 0.383 e. The smallest absolute Gasteiger partial charge is 0.0642 e. The molecule has 1 aromatic rings. The van der Waals surface area contributed by atoms with E-state index in [1.807, 2.05) is 0 Å². The van der Waals surface area contributed by atoms with Crippen LogP contribution in [0.15, 0.2) is 24.3 Å². The second-order valence-corrected chi connectivity index (χ2v) is 5.87. The van der Waals surface area contributed by atoms with Gasteiger partial charge in [0.1, 0.15) is 0 Å². The summed E-state index contributed by atoms with van der Waals surface area (Å²) in [6.07, 6.45) is 1.13. The average molecular weight is 292 g/mol. The van der Waals surface area contributed by atoms with E-state index < -0.39 is 0 Å². The van der Waals surface area contributed by atoms with Crippen molar-refractivity contribution in [1.29, 1.82) is 0 Å². The van der Waals surface area contributed by atoms with Gasteiger partial charge in [-0.05, 0) is 36.6 Å². The number of hydrogen-bond donors (Lipinski definition) is 1. The molecule has 0 spiro atoms. The Kier molecular flexibility index (Phi) is 6.83. The van der Waals surface area contributed by atoms with Crippen LogP contribution in [0.1, 0.15) is 20.3 Å². The first kappa shape index (κ1) is 16.1. The first-order valence-corrected chi connectivity index (χ1v) is 8.00. The molecule has 1 aliphatic rings. The first-order chi connectivity index (χ1) is 10.3. The van der Waals surface area contributed by atoms with E-state index >= 15 is 0 Å². The molecule has 1 aromatic carbocycles. The van der Waals surface area contributed by atoms with Crippen LogP contribution in [0, 0.1) is 5.92 Å². The van der Waals surface area contributed by atoms with Crippen molar-refractivity contribution in [3.05, 3.63) is 24.3 Å². The second-order valence-electron chi connectivity index (χ2n) is 5.87. The summed E-state index contributed by atoms with van der Waals surface area (Å²) in [6.45, 7) is 10.5. The lowest BCUT2D eigenvalue weighted by atomic mass is 10.1. The molecule has 118 valence electrons. The van der Waals surface area contributed by atoms with E-state index in [9.17, 15) is 0 Å². The van der Waals surface area contributed by atoms with Crippen LogP contribution in [-0.2, 0) is 9.47 Å². The number of benzene rings is 1. The SMILES string of the molecule is CC(C)CCOCCNc1ccc(N2CCOCC2)cc1. The maximum absolute atomic E-state index is 5.60. The van der Waals surface area contributed by atoms with Crippen LogP contribution < -0.4 is 10.2 Å². The fourth-order valence-electron chi connectivity index (χ4n) is 2.30. The summed E-state index contributed by atoms with van der Waals surface area (Å²) in [5.41, 5.74) is 2.43. The number of anilines is 2. The minimum absolute atomic E-state index is 0.714. The molecule has 0 atom stereocenters. The van der Waals surface area contributed by atoms with Crippen molar-refractivity contribution >= 4 is 11.4 Å². The molecule has 4 heteroatoms. The molecule has 0 unspecified atom stereocenters. The number of nitrogens with one attached hydrogen (secondary N) is 1. The molecule has 4 nitrogen and oxygen atoms in total. The molecule has 0 bridgehead atoms. The highest BCUT2D eigenvalue weighted by Gasteiger charge is 2.10. The molecule has 1 heterocycles. The van der Waals surface area contributed by atoms with Gasteiger partial charge >= 0.3 is 0 Å². The first-order valence-electron chi connectivity index (χ1n) is 8.00. The van der Waals surface area contributed by atoms with Crippen molar-refractivity contribution in [2.75, 3.05) is 56.3 Å². The van der Waals surface area contributed by atoms with E-state index in [-0.39, 0.29) is 0 Å². The zero-order valence-electron chi connectivity index (χ0n) is 13.3. The molecule has 2 rings (SSSR count). The van der Waals surface area contributed by atoms with Gasteiger partial charge in [0.25, 0.3) is 0 Å². The van der Waals surface area contributed by atoms with Gasteiger partial charge in [0.2, 0.25) is 0 Å². The molecule has 0 amide bonds. The molecule has 21 heavy (non-hydrogen) atoms. The molecule has 0 radical (unpaired) electrons. The molecule has 0 saturated carbocycles. The highest BCUT2D eigenvalue weighted by Crippen LogP contribution is 2.18. The highest BCUT2D eigenvalue weighted by atomic mass is 16.5. The van der Waals surface area contributed by atoms with Gasteiger partial charge in [0, 0.05) is 37.6 Å². The summed E-state index contributed by atoms with van der Waals surface area (Å²) < 4.78 is 11.0. The lowest BCUT2D eigenvalue weighted by Crippen LogP contribution is -2.36. The van der Waals surface area contributed by atoms with E-state index in [1.165, 1.54) is 5.69 Å². The van der Waals surface area contributed by atoms with E-state index in [1.54, 1.807) is 0 Å². The molecular formula is C17H28N2O2. The van der Waals surface area contributed by atoms with Gasteiger partial charge in [-0.1, -0.05) is 13.8 Å². The summed E-state index contributed by atoms with van der Waals surface area (Å²) in [7, 11) is 0. The van der Waals surface area contributed by atoms with Gasteiger partial charge in [-0.15, -0.1) is 0 Å². The number of morpholine rings is 1. The predicted octanol–water partition coefficient (Wildman–Crippen LogP) is 3.00. The van der Waals surface area contributed by atoms with Gasteiger partial charge < -0.3 is 19.7 Å². The zero-order valence-corrected chi connectivity index (χ0v) is 13.3. The Morgan fingerprint density at radius 1 is 1.14 bits per heavy atom. The molecule has 1 saturated heterocycles. The van der Waals surface area contributed by atoms with Crippen molar-refractivity contribution in [1.82, 2.24) is 0 Å². The Morgan fingerprint density at radius 2 is 1.86 bits per heavy atom. The standard InChI is InChI=1S/C17H28N2O2/c1-15(2)7-11-20-12-8-18-16-3-5-17(6-4-16)19-9-13-21-14-10-19/h3-6,15,18H,7-14H2,1-2H3. The Hall–Kier alpha value is -1.26. The fraction of sp³-hybridized carbons (Fsp3) is 0.647. The number of rotatable bonds is 8. The van der Waals surface area contributed by atoms with Crippen molar-refractivity contribution in [3.63, 3.8) is 0 Å². The van der Waals surface area contributed by atoms with E-state index in [0.717, 1.165) is 58.2 Å². The van der Waals surface area contributed by atoms with Crippen molar-refractivity contribution in [2.24, 2.45) is 5.92 Å². The summed E-state index contributed by atoms with van der Waals surface area (Å²) in [6, 6.07) is 8.62. The third-order valence-corrected chi connectivity index (χ3v) is 3.66. The summed E-state index contributed by atoms with van der Waals surface area (Å²) in [4.78, 5) is 2.36. The van der Waals surface area contributed by atoms with Crippen LogP contribution in [-0.4, -0.2) is 46.1 Å².